The minimum absolute atomic E-state index is 0.243. The Morgan fingerprint density at radius 1 is 1.12 bits per heavy atom. The van der Waals surface area contributed by atoms with E-state index in [2.05, 4.69) is 35.3 Å². The maximum atomic E-state index is 14.2. The van der Waals surface area contributed by atoms with Crippen molar-refractivity contribution in [3.63, 3.8) is 0 Å². The molecule has 0 unspecified atom stereocenters. The highest BCUT2D eigenvalue weighted by Crippen LogP contribution is 2.39. The van der Waals surface area contributed by atoms with E-state index >= 15 is 0 Å². The lowest BCUT2D eigenvalue weighted by Gasteiger charge is -2.17. The van der Waals surface area contributed by atoms with Crippen molar-refractivity contribution in [3.8, 4) is 21.8 Å². The predicted octanol–water partition coefficient (Wildman–Crippen LogP) is 7.20. The van der Waals surface area contributed by atoms with Gasteiger partial charge in [-0.05, 0) is 42.6 Å². The lowest BCUT2D eigenvalue weighted by Crippen LogP contribution is -2.22. The standard InChI is InChI=1S/C28H31F2N5O3S2Si/c1-17(36)32-23-13-18(9-10-31-23)26-25(34-28(39-2)35(26)16-38-11-12-41(3,4)5)22-14-19(15-40-22)33-27(37)24-20(29)7-6-8-21(24)30/h6-10,13-15H,11-12,16H2,1-5H3,(H,33,37)(H,31,32,36). The molecule has 8 nitrogen and oxygen atoms in total. The van der Waals surface area contributed by atoms with Crippen molar-refractivity contribution in [1.29, 1.82) is 0 Å². The third-order valence-electron chi connectivity index (χ3n) is 5.95. The van der Waals surface area contributed by atoms with E-state index in [9.17, 15) is 18.4 Å². The largest absolute Gasteiger partial charge is 0.361 e. The Hall–Kier alpha value is -3.39. The highest BCUT2D eigenvalue weighted by Gasteiger charge is 2.23. The molecule has 0 saturated carbocycles. The number of carbonyl (C=O) groups excluding carboxylic acids is 2. The van der Waals surface area contributed by atoms with Crippen molar-refractivity contribution >= 4 is 54.5 Å². The van der Waals surface area contributed by atoms with Crippen LogP contribution in [0.4, 0.5) is 20.3 Å². The summed E-state index contributed by atoms with van der Waals surface area (Å²) in [7, 11) is -1.29. The number of nitrogens with one attached hydrogen (secondary N) is 2. The topological polar surface area (TPSA) is 98.1 Å². The Bertz CT molecular complexity index is 1550. The molecule has 4 rings (SSSR count). The Labute approximate surface area is 246 Å². The third kappa shape index (κ3) is 7.67. The van der Waals surface area contributed by atoms with E-state index in [1.54, 1.807) is 23.7 Å². The number of thioether (sulfide) groups is 1. The number of pyridine rings is 1. The summed E-state index contributed by atoms with van der Waals surface area (Å²) >= 11 is 2.79. The van der Waals surface area contributed by atoms with Crippen molar-refractivity contribution in [2.45, 2.75) is 44.5 Å². The fourth-order valence-electron chi connectivity index (χ4n) is 3.97. The number of anilines is 2. The highest BCUT2D eigenvalue weighted by molar-refractivity contribution is 7.98. The number of thiophene rings is 1. The summed E-state index contributed by atoms with van der Waals surface area (Å²) < 4.78 is 36.4. The number of benzene rings is 1. The van der Waals surface area contributed by atoms with Crippen molar-refractivity contribution in [2.24, 2.45) is 0 Å². The van der Waals surface area contributed by atoms with Gasteiger partial charge in [0.15, 0.2) is 5.16 Å². The fourth-order valence-corrected chi connectivity index (χ4v) is 6.10. The number of imidazole rings is 1. The van der Waals surface area contributed by atoms with E-state index < -0.39 is 31.2 Å². The summed E-state index contributed by atoms with van der Waals surface area (Å²) in [5.41, 5.74) is 1.87. The molecule has 0 aliphatic carbocycles. The third-order valence-corrected chi connectivity index (χ3v) is 9.27. The number of halogens is 2. The van der Waals surface area contributed by atoms with Crippen LogP contribution in [0.3, 0.4) is 0 Å². The summed E-state index contributed by atoms with van der Waals surface area (Å²) in [5.74, 6) is -2.61. The number of aromatic nitrogens is 3. The van der Waals surface area contributed by atoms with Gasteiger partial charge in [-0.25, -0.2) is 18.7 Å². The van der Waals surface area contributed by atoms with Crippen LogP contribution in [0.25, 0.3) is 21.8 Å². The number of hydrogen-bond acceptors (Lipinski definition) is 7. The number of amides is 2. The van der Waals surface area contributed by atoms with Crippen LogP contribution >= 0.6 is 23.1 Å². The fraction of sp³-hybridized carbons (Fsp3) is 0.286. The van der Waals surface area contributed by atoms with Gasteiger partial charge >= 0.3 is 0 Å². The molecular formula is C28H31F2N5O3S2Si. The maximum absolute atomic E-state index is 14.2. The molecule has 0 fully saturated rings. The lowest BCUT2D eigenvalue weighted by molar-refractivity contribution is -0.114. The Morgan fingerprint density at radius 3 is 2.51 bits per heavy atom. The molecule has 2 N–H and O–H groups in total. The first-order valence-corrected chi connectivity index (χ1v) is 18.6. The van der Waals surface area contributed by atoms with Gasteiger partial charge in [0.1, 0.15) is 35.4 Å². The zero-order valence-electron chi connectivity index (χ0n) is 23.4. The van der Waals surface area contributed by atoms with Crippen LogP contribution in [0, 0.1) is 11.6 Å². The summed E-state index contributed by atoms with van der Waals surface area (Å²) in [4.78, 5) is 34.2. The molecule has 4 aromatic rings. The quantitative estimate of drug-likeness (QED) is 0.105. The molecule has 13 heteroatoms. The summed E-state index contributed by atoms with van der Waals surface area (Å²) in [6, 6.07) is 9.59. The first-order chi connectivity index (χ1) is 19.5. The first kappa shape index (κ1) is 30.6. The molecule has 2 amide bonds. The van der Waals surface area contributed by atoms with Crippen molar-refractivity contribution in [3.05, 3.63) is 65.2 Å². The molecule has 0 spiro atoms. The van der Waals surface area contributed by atoms with E-state index in [0.29, 0.717) is 29.0 Å². The van der Waals surface area contributed by atoms with Crippen molar-refractivity contribution in [1.82, 2.24) is 14.5 Å². The van der Waals surface area contributed by atoms with Gasteiger partial charge in [-0.15, -0.1) is 11.3 Å². The molecular weight excluding hydrogens is 585 g/mol. The second-order valence-electron chi connectivity index (χ2n) is 10.4. The van der Waals surface area contributed by atoms with Crippen LogP contribution in [0.2, 0.25) is 25.7 Å². The van der Waals surface area contributed by atoms with Crippen molar-refractivity contribution < 1.29 is 23.1 Å². The molecule has 0 radical (unpaired) electrons. The smallest absolute Gasteiger partial charge is 0.261 e. The monoisotopic (exact) mass is 615 g/mol. The second-order valence-corrected chi connectivity index (χ2v) is 17.7. The van der Waals surface area contributed by atoms with E-state index in [1.807, 2.05) is 16.9 Å². The Kier molecular flexibility index (Phi) is 9.74. The van der Waals surface area contributed by atoms with E-state index in [-0.39, 0.29) is 12.6 Å². The molecule has 0 aliphatic rings. The minimum atomic E-state index is -1.29. The number of hydrogen-bond donors (Lipinski definition) is 2. The van der Waals surface area contributed by atoms with Crippen LogP contribution in [-0.2, 0) is 16.3 Å². The van der Waals surface area contributed by atoms with Gasteiger partial charge in [0.2, 0.25) is 5.91 Å². The SMILES string of the molecule is CSc1nc(-c2cc(NC(=O)c3c(F)cccc3F)cs2)c(-c2ccnc(NC(C)=O)c2)n1COCC[Si](C)(C)C. The minimum Gasteiger partial charge on any atom is -0.361 e. The maximum Gasteiger partial charge on any atom is 0.261 e. The molecule has 0 atom stereocenters. The second kappa shape index (κ2) is 13.1. The van der Waals surface area contributed by atoms with Crippen LogP contribution in [0.1, 0.15) is 17.3 Å². The zero-order chi connectivity index (χ0) is 29.7. The lowest BCUT2D eigenvalue weighted by atomic mass is 10.1. The number of carbonyl (C=O) groups is 2. The van der Waals surface area contributed by atoms with Crippen LogP contribution in [-0.4, -0.2) is 47.3 Å². The van der Waals surface area contributed by atoms with E-state index in [0.717, 1.165) is 34.3 Å². The normalized spacial score (nSPS) is 11.5. The average Bonchev–Trinajstić information content (AvgIpc) is 3.50. The van der Waals surface area contributed by atoms with Crippen LogP contribution < -0.4 is 10.6 Å². The number of rotatable bonds is 11. The van der Waals surface area contributed by atoms with E-state index in [1.165, 1.54) is 36.1 Å². The van der Waals surface area contributed by atoms with E-state index in [4.69, 9.17) is 9.72 Å². The van der Waals surface area contributed by atoms with Crippen LogP contribution in [0.15, 0.2) is 53.1 Å². The number of nitrogens with zero attached hydrogens (tertiary/aromatic N) is 3. The van der Waals surface area contributed by atoms with Gasteiger partial charge in [0, 0.05) is 38.7 Å². The van der Waals surface area contributed by atoms with Gasteiger partial charge in [-0.2, -0.15) is 0 Å². The van der Waals surface area contributed by atoms with Gasteiger partial charge in [0.25, 0.3) is 5.91 Å². The molecule has 1 aromatic carbocycles. The highest BCUT2D eigenvalue weighted by atomic mass is 32.2. The van der Waals surface area contributed by atoms with Crippen LogP contribution in [0.5, 0.6) is 0 Å². The van der Waals surface area contributed by atoms with Gasteiger partial charge in [-0.1, -0.05) is 37.5 Å². The summed E-state index contributed by atoms with van der Waals surface area (Å²) in [6.45, 7) is 9.17. The molecule has 41 heavy (non-hydrogen) atoms. The molecule has 0 aliphatic heterocycles. The predicted molar refractivity (Wildman–Crippen MR) is 163 cm³/mol. The molecule has 0 saturated heterocycles. The van der Waals surface area contributed by atoms with Gasteiger partial charge in [0.05, 0.1) is 16.3 Å². The Morgan fingerprint density at radius 2 is 1.85 bits per heavy atom. The van der Waals surface area contributed by atoms with Gasteiger partial charge in [-0.3, -0.25) is 14.2 Å². The first-order valence-electron chi connectivity index (χ1n) is 12.8. The number of ether oxygens (including phenoxy) is 1. The van der Waals surface area contributed by atoms with Gasteiger partial charge < -0.3 is 15.4 Å². The summed E-state index contributed by atoms with van der Waals surface area (Å²) in [5, 5.41) is 7.70. The molecule has 3 heterocycles. The molecule has 3 aromatic heterocycles. The van der Waals surface area contributed by atoms with Crippen molar-refractivity contribution in [2.75, 3.05) is 23.5 Å². The summed E-state index contributed by atoms with van der Waals surface area (Å²) in [6.07, 6.45) is 3.53. The Balaban J connectivity index is 1.72. The molecule has 216 valence electrons. The zero-order valence-corrected chi connectivity index (χ0v) is 26.0. The average molecular weight is 616 g/mol. The molecule has 0 bridgehead atoms.